The molecule has 0 unspecified atom stereocenters. The molecule has 1 aliphatic rings. The van der Waals surface area contributed by atoms with Crippen molar-refractivity contribution < 1.29 is 13.5 Å². The lowest BCUT2D eigenvalue weighted by Gasteiger charge is -2.34. The first-order valence-electron chi connectivity index (χ1n) is 7.08. The summed E-state index contributed by atoms with van der Waals surface area (Å²) < 4.78 is 32.5. The average molecular weight is 295 g/mol. The Labute approximate surface area is 122 Å². The van der Waals surface area contributed by atoms with E-state index in [1.54, 1.807) is 13.3 Å². The van der Waals surface area contributed by atoms with Crippen molar-refractivity contribution in [3.05, 3.63) is 30.0 Å². The van der Waals surface area contributed by atoms with Gasteiger partial charge in [-0.1, -0.05) is 0 Å². The highest BCUT2D eigenvalue weighted by molar-refractivity contribution is 5.85. The summed E-state index contributed by atoms with van der Waals surface area (Å²) >= 11 is 0. The van der Waals surface area contributed by atoms with Crippen LogP contribution in [-0.2, 0) is 0 Å². The molecule has 1 aromatic carbocycles. The number of H-pyrrole nitrogens is 1. The number of piperazine rings is 1. The molecule has 1 saturated heterocycles. The second-order valence-corrected chi connectivity index (χ2v) is 5.22. The number of aromatic amines is 1. The van der Waals surface area contributed by atoms with Gasteiger partial charge in [0.15, 0.2) is 0 Å². The molecule has 1 fully saturated rings. The number of ether oxygens (including phenoxy) is 1. The number of benzene rings is 1. The zero-order valence-electron chi connectivity index (χ0n) is 11.9. The largest absolute Gasteiger partial charge is 0.497 e. The van der Waals surface area contributed by atoms with Crippen molar-refractivity contribution in [1.29, 1.82) is 0 Å². The number of alkyl halides is 2. The van der Waals surface area contributed by atoms with Gasteiger partial charge in [0.1, 0.15) is 5.75 Å². The summed E-state index contributed by atoms with van der Waals surface area (Å²) in [6.45, 7) is 2.75. The van der Waals surface area contributed by atoms with Crippen LogP contribution >= 0.6 is 0 Å². The summed E-state index contributed by atoms with van der Waals surface area (Å²) in [7, 11) is 1.58. The van der Waals surface area contributed by atoms with Gasteiger partial charge in [-0.25, -0.2) is 8.78 Å². The third-order valence-electron chi connectivity index (χ3n) is 4.02. The summed E-state index contributed by atoms with van der Waals surface area (Å²) in [5.41, 5.74) is 1.49. The van der Waals surface area contributed by atoms with E-state index >= 15 is 0 Å². The van der Waals surface area contributed by atoms with Crippen LogP contribution in [0.4, 0.5) is 8.78 Å². The van der Waals surface area contributed by atoms with E-state index in [1.807, 2.05) is 23.1 Å². The monoisotopic (exact) mass is 295 g/mol. The van der Waals surface area contributed by atoms with E-state index in [1.165, 1.54) is 0 Å². The fraction of sp³-hybridized carbons (Fsp3) is 0.467. The van der Waals surface area contributed by atoms with Gasteiger partial charge in [0.2, 0.25) is 0 Å². The highest BCUT2D eigenvalue weighted by Crippen LogP contribution is 2.34. The summed E-state index contributed by atoms with van der Waals surface area (Å²) in [5, 5.41) is 4.00. The van der Waals surface area contributed by atoms with Crippen molar-refractivity contribution in [2.24, 2.45) is 0 Å². The Bertz CT molecular complexity index is 608. The van der Waals surface area contributed by atoms with Crippen molar-refractivity contribution >= 4 is 10.9 Å². The normalized spacial score (nSPS) is 18.3. The standard InChI is InChI=1S/C15H19F2N3O/c1-21-10-2-3-13-11(8-10)12(9-19-13)14(15(16)17)20-6-4-18-5-7-20/h2-3,8-9,14-15,18-19H,4-7H2,1H3/t14-/m1/s1. The zero-order valence-corrected chi connectivity index (χ0v) is 11.9. The van der Waals surface area contributed by atoms with Crippen molar-refractivity contribution in [2.45, 2.75) is 12.5 Å². The van der Waals surface area contributed by atoms with E-state index in [2.05, 4.69) is 10.3 Å². The maximum Gasteiger partial charge on any atom is 0.258 e. The second-order valence-electron chi connectivity index (χ2n) is 5.22. The highest BCUT2D eigenvalue weighted by atomic mass is 19.3. The molecule has 4 nitrogen and oxygen atoms in total. The van der Waals surface area contributed by atoms with E-state index in [0.717, 1.165) is 24.0 Å². The molecule has 0 radical (unpaired) electrons. The lowest BCUT2D eigenvalue weighted by molar-refractivity contribution is 0.0189. The first-order chi connectivity index (χ1) is 10.2. The van der Waals surface area contributed by atoms with Crippen molar-refractivity contribution in [1.82, 2.24) is 15.2 Å². The van der Waals surface area contributed by atoms with Gasteiger partial charge in [0, 0.05) is 48.8 Å². The molecule has 2 heterocycles. The molecule has 1 aromatic heterocycles. The fourth-order valence-electron chi connectivity index (χ4n) is 2.95. The average Bonchev–Trinajstić information content (AvgIpc) is 2.91. The smallest absolute Gasteiger partial charge is 0.258 e. The quantitative estimate of drug-likeness (QED) is 0.910. The minimum Gasteiger partial charge on any atom is -0.497 e. The number of hydrogen-bond acceptors (Lipinski definition) is 3. The van der Waals surface area contributed by atoms with Crippen molar-refractivity contribution in [3.8, 4) is 5.75 Å². The minimum atomic E-state index is -2.42. The van der Waals surface area contributed by atoms with E-state index in [4.69, 9.17) is 4.74 Å². The number of halogens is 2. The molecule has 1 atom stereocenters. The van der Waals surface area contributed by atoms with Crippen LogP contribution in [0.2, 0.25) is 0 Å². The first-order valence-corrected chi connectivity index (χ1v) is 7.08. The maximum absolute atomic E-state index is 13.7. The Morgan fingerprint density at radius 1 is 1.24 bits per heavy atom. The molecule has 0 saturated carbocycles. The number of fused-ring (bicyclic) bond motifs is 1. The molecular formula is C15H19F2N3O. The fourth-order valence-corrected chi connectivity index (χ4v) is 2.95. The van der Waals surface area contributed by atoms with Crippen LogP contribution in [0.5, 0.6) is 5.75 Å². The minimum absolute atomic E-state index is 0.631. The van der Waals surface area contributed by atoms with E-state index in [0.29, 0.717) is 24.4 Å². The van der Waals surface area contributed by atoms with Crippen LogP contribution in [0.1, 0.15) is 11.6 Å². The van der Waals surface area contributed by atoms with Crippen LogP contribution < -0.4 is 10.1 Å². The summed E-state index contributed by atoms with van der Waals surface area (Å²) in [6, 6.07) is 4.62. The third-order valence-corrected chi connectivity index (χ3v) is 4.02. The zero-order chi connectivity index (χ0) is 14.8. The SMILES string of the molecule is COc1ccc2[nH]cc([C@H](C(F)F)N3CCNCC3)c2c1. The van der Waals surface area contributed by atoms with Gasteiger partial charge in [0.25, 0.3) is 6.43 Å². The number of nitrogens with one attached hydrogen (secondary N) is 2. The lowest BCUT2D eigenvalue weighted by atomic mass is 10.0. The molecule has 3 rings (SSSR count). The molecule has 2 N–H and O–H groups in total. The number of rotatable bonds is 4. The number of hydrogen-bond donors (Lipinski definition) is 2. The lowest BCUT2D eigenvalue weighted by Crippen LogP contribution is -2.46. The Kier molecular flexibility index (Phi) is 4.07. The van der Waals surface area contributed by atoms with Gasteiger partial charge in [-0.05, 0) is 18.2 Å². The van der Waals surface area contributed by atoms with Crippen LogP contribution in [0.3, 0.4) is 0 Å². The predicted molar refractivity (Wildman–Crippen MR) is 78.0 cm³/mol. The van der Waals surface area contributed by atoms with Gasteiger partial charge >= 0.3 is 0 Å². The van der Waals surface area contributed by atoms with Crippen LogP contribution in [-0.4, -0.2) is 49.6 Å². The molecule has 1 aliphatic heterocycles. The number of aromatic nitrogens is 1. The van der Waals surface area contributed by atoms with Gasteiger partial charge < -0.3 is 15.0 Å². The second kappa shape index (κ2) is 5.99. The molecule has 0 aliphatic carbocycles. The van der Waals surface area contributed by atoms with Gasteiger partial charge in [0.05, 0.1) is 13.2 Å². The van der Waals surface area contributed by atoms with Crippen molar-refractivity contribution in [3.63, 3.8) is 0 Å². The molecule has 2 aromatic rings. The van der Waals surface area contributed by atoms with Gasteiger partial charge in [-0.2, -0.15) is 0 Å². The van der Waals surface area contributed by atoms with E-state index in [9.17, 15) is 8.78 Å². The van der Waals surface area contributed by atoms with E-state index < -0.39 is 12.5 Å². The Morgan fingerprint density at radius 2 is 2.00 bits per heavy atom. The van der Waals surface area contributed by atoms with Crippen LogP contribution in [0, 0.1) is 0 Å². The summed E-state index contributed by atoms with van der Waals surface area (Å²) in [6.07, 6.45) is -0.725. The topological polar surface area (TPSA) is 40.3 Å². The van der Waals surface area contributed by atoms with E-state index in [-0.39, 0.29) is 0 Å². The molecular weight excluding hydrogens is 276 g/mol. The summed E-state index contributed by atoms with van der Waals surface area (Å²) in [5.74, 6) is 0.677. The highest BCUT2D eigenvalue weighted by Gasteiger charge is 2.32. The molecule has 6 heteroatoms. The molecule has 21 heavy (non-hydrogen) atoms. The van der Waals surface area contributed by atoms with Crippen molar-refractivity contribution in [2.75, 3.05) is 33.3 Å². The molecule has 0 bridgehead atoms. The van der Waals surface area contributed by atoms with Gasteiger partial charge in [-0.3, -0.25) is 4.90 Å². The Balaban J connectivity index is 2.02. The Hall–Kier alpha value is -1.66. The number of nitrogens with zero attached hydrogens (tertiary/aromatic N) is 1. The van der Waals surface area contributed by atoms with Crippen LogP contribution in [0.15, 0.2) is 24.4 Å². The third kappa shape index (κ3) is 2.73. The number of methoxy groups -OCH3 is 1. The summed E-state index contributed by atoms with van der Waals surface area (Å²) in [4.78, 5) is 4.93. The molecule has 0 spiro atoms. The molecule has 0 amide bonds. The van der Waals surface area contributed by atoms with Crippen LogP contribution in [0.25, 0.3) is 10.9 Å². The molecule has 114 valence electrons. The Morgan fingerprint density at radius 3 is 2.67 bits per heavy atom. The first kappa shape index (κ1) is 14.3. The predicted octanol–water partition coefficient (Wildman–Crippen LogP) is 2.39. The van der Waals surface area contributed by atoms with Gasteiger partial charge in [-0.15, -0.1) is 0 Å². The maximum atomic E-state index is 13.7.